The van der Waals surface area contributed by atoms with Gasteiger partial charge in [-0.1, -0.05) is 48.2 Å². The average Bonchev–Trinajstić information content (AvgIpc) is 0.852. The highest BCUT2D eigenvalue weighted by molar-refractivity contribution is 7.99. The number of hydrogen-bond acceptors (Lipinski definition) is 25. The van der Waals surface area contributed by atoms with Crippen LogP contribution in [-0.4, -0.2) is 76.0 Å². The van der Waals surface area contributed by atoms with Gasteiger partial charge in [-0.05, 0) is 278 Å². The van der Waals surface area contributed by atoms with Gasteiger partial charge in [0, 0.05) is 118 Å². The maximum atomic E-state index is 13.3. The van der Waals surface area contributed by atoms with Gasteiger partial charge in [-0.25, -0.2) is 105 Å². The highest BCUT2D eigenvalue weighted by atomic mass is 35.5. The molecule has 0 saturated carbocycles. The van der Waals surface area contributed by atoms with E-state index in [4.69, 9.17) is 27.8 Å². The van der Waals surface area contributed by atoms with Crippen molar-refractivity contribution in [2.45, 2.75) is 66.9 Å². The van der Waals surface area contributed by atoms with E-state index in [2.05, 4.69) is 43.3 Å². The maximum absolute atomic E-state index is 13.3. The van der Waals surface area contributed by atoms with Crippen LogP contribution in [0.4, 0.5) is 106 Å². The Kier molecular flexibility index (Phi) is 44.0. The Morgan fingerprint density at radius 1 is 0.345 bits per heavy atom. The number of sulfone groups is 4. The summed E-state index contributed by atoms with van der Waals surface area (Å²) in [5.74, 6) is -12.7. The molecule has 766 valence electrons. The number of nitro groups is 3. The van der Waals surface area contributed by atoms with Gasteiger partial charge in [0.05, 0.1) is 53.9 Å². The number of aromatic nitrogens is 2. The van der Waals surface area contributed by atoms with Crippen LogP contribution < -0.4 is 36.9 Å². The number of halogens is 14. The minimum absolute atomic E-state index is 0.00960. The van der Waals surface area contributed by atoms with Crippen LogP contribution >= 0.6 is 36.0 Å². The Hall–Kier alpha value is -16.8. The van der Waals surface area contributed by atoms with Crippen molar-refractivity contribution in [3.8, 4) is 11.5 Å². The number of rotatable bonds is 20. The lowest BCUT2D eigenvalue weighted by molar-refractivity contribution is -0.385. The molecule has 0 aliphatic heterocycles. The van der Waals surface area contributed by atoms with Crippen LogP contribution in [0, 0.1) is 106 Å². The van der Waals surface area contributed by atoms with Crippen molar-refractivity contribution >= 4 is 127 Å². The summed E-state index contributed by atoms with van der Waals surface area (Å²) < 4.78 is 274. The molecule has 0 fully saturated rings. The van der Waals surface area contributed by atoms with Gasteiger partial charge >= 0.3 is 17.6 Å². The van der Waals surface area contributed by atoms with Gasteiger partial charge in [0.2, 0.25) is 39.3 Å². The van der Waals surface area contributed by atoms with Crippen molar-refractivity contribution < 1.29 is 129 Å². The number of carbonyl (C=O) groups excluding carboxylic acids is 3. The Bertz CT molecular complexity index is 7780. The fourth-order valence-electron chi connectivity index (χ4n) is 11.0. The fraction of sp³-hybridized carbons (Fsp3) is 0.0202. The molecule has 0 unspecified atom stereocenters. The quantitative estimate of drug-likeness (QED) is 0.00785. The summed E-state index contributed by atoms with van der Waals surface area (Å²) in [6.07, 6.45) is 5.96. The van der Waals surface area contributed by atoms with Crippen molar-refractivity contribution in [2.75, 3.05) is 16.4 Å². The summed E-state index contributed by atoms with van der Waals surface area (Å²) in [7, 11) is -15.9. The summed E-state index contributed by atoms with van der Waals surface area (Å²) in [5, 5.41) is 38.6. The number of hydrogen-bond donors (Lipinski definition) is 6. The number of ether oxygens (including phenoxy) is 2. The van der Waals surface area contributed by atoms with Crippen molar-refractivity contribution in [2.24, 2.45) is 5.73 Å². The lowest BCUT2D eigenvalue weighted by atomic mass is 10.3. The number of carbonyl (C=O) groups is 3. The molecule has 0 spiro atoms. The van der Waals surface area contributed by atoms with Crippen LogP contribution in [0.2, 0.25) is 0 Å². The van der Waals surface area contributed by atoms with Crippen LogP contribution in [0.15, 0.2) is 418 Å². The Morgan fingerprint density at radius 3 is 0.973 bits per heavy atom. The topological polar surface area (TPSA) is 450 Å². The molecule has 7 N–H and O–H groups in total. The predicted molar refractivity (Wildman–Crippen MR) is 521 cm³/mol. The summed E-state index contributed by atoms with van der Waals surface area (Å²) in [6, 6.07) is 70.7. The number of benzene rings is 14. The molecule has 0 saturated heterocycles. The number of pyridine rings is 2. The van der Waals surface area contributed by atoms with Gasteiger partial charge in [0.25, 0.3) is 17.1 Å². The number of amides is 3. The summed E-state index contributed by atoms with van der Waals surface area (Å²) >= 11 is 9.95. The summed E-state index contributed by atoms with van der Waals surface area (Å²) in [6.45, 7) is 0.902. The van der Waals surface area contributed by atoms with Gasteiger partial charge in [-0.3, -0.25) is 45.6 Å². The SMILES string of the molecule is Fc1ccc(S)cc1F.NCc1ccncc1.Nc1ccc(S(=O)(=O)c2ccc(F)c(F)c2)cc1.O=C(Cl)Oc1ccccc1.O=C(NCc1ccncc1)Nc1ccc(S(=O)(=O)c2ccc(F)c(F)c2)cc1.O=C(Nc1ccc(S(=O)(=O)c2ccc(F)c(F)c2)cc1)Oc1ccccc1.O=[N+]([O-])c1ccc(F)cc1.O=[N+]([O-])c1ccc(S(=O)(=O)c2ccc(F)c(F)c2)cc1.O=[N+]([O-])c1ccc(Sc2ccc(F)c(F)c2)cc1. The van der Waals surface area contributed by atoms with Crippen molar-refractivity contribution in [3.63, 3.8) is 0 Å². The first kappa shape index (κ1) is 116. The molecule has 2 aromatic heterocycles. The number of nitrogens with two attached hydrogens (primary N) is 2. The highest BCUT2D eigenvalue weighted by Gasteiger charge is 2.26. The van der Waals surface area contributed by atoms with Gasteiger partial charge < -0.3 is 31.6 Å². The van der Waals surface area contributed by atoms with Gasteiger partial charge in [0.1, 0.15) is 17.3 Å². The zero-order chi connectivity index (χ0) is 109. The first-order chi connectivity index (χ1) is 70.1. The number of non-ortho nitro benzene ring substituents is 3. The van der Waals surface area contributed by atoms with E-state index in [0.717, 1.165) is 126 Å². The van der Waals surface area contributed by atoms with Crippen LogP contribution in [0.5, 0.6) is 11.5 Å². The molecule has 0 aliphatic rings. The number of nitro benzene ring substituents is 3. The molecule has 148 heavy (non-hydrogen) atoms. The van der Waals surface area contributed by atoms with E-state index in [1.54, 1.807) is 104 Å². The third-order valence-electron chi connectivity index (χ3n) is 18.4. The van der Waals surface area contributed by atoms with Crippen molar-refractivity contribution in [3.05, 3.63) is 482 Å². The van der Waals surface area contributed by atoms with Crippen LogP contribution in [-0.2, 0) is 52.4 Å². The molecular weight excluding hydrogens is 2110 g/mol. The average molecular weight is 2180 g/mol. The molecule has 0 aliphatic carbocycles. The normalized spacial score (nSPS) is 10.6. The molecule has 0 radical (unpaired) electrons. The van der Waals surface area contributed by atoms with Gasteiger partial charge in [0.15, 0.2) is 69.8 Å². The number of thiol groups is 1. The number of anilines is 3. The van der Waals surface area contributed by atoms with E-state index in [9.17, 15) is 135 Å². The summed E-state index contributed by atoms with van der Waals surface area (Å²) in [5.41, 5.74) is 12.7. The van der Waals surface area contributed by atoms with Crippen LogP contribution in [0.1, 0.15) is 11.1 Å². The number of nitrogens with one attached hydrogen (secondary N) is 3. The second kappa shape index (κ2) is 55.9. The molecule has 3 amide bonds. The molecule has 49 heteroatoms. The third-order valence-corrected chi connectivity index (χ3v) is 26.8. The number of nitrogen functional groups attached to an aromatic ring is 1. The lowest BCUT2D eigenvalue weighted by Crippen LogP contribution is -2.28. The molecule has 14 aromatic carbocycles. The summed E-state index contributed by atoms with van der Waals surface area (Å²) in [4.78, 5) is 70.5. The standard InChI is InChI=1S/C19H15F2N3O3S.C19H13F2NO4S.C12H7F2NO4S.C12H9F2NO2S.C12H7F2NO2S.C7H5ClO2.C6H4F2S.C6H4FNO2.C6H8N2/c20-17-6-5-16(11-18(17)21)28(26,27)15-3-1-14(2-4-15)24-19(25)23-12-13-7-9-22-10-8-13;20-17-11-10-16(12-18(17)21)27(24,25)15-8-6-13(7-9-15)22-19(23)26-14-4-2-1-3-5-14;13-11-6-5-10(7-12(11)14)20(18,19)9-3-1-8(2-4-9)15(16)17;13-11-6-5-10(7-12(11)14)18(16,17)9-3-1-8(15)2-4-9;13-11-6-5-10(7-12(11)14)18-9-3-1-8(2-4-9)15(16)17;8-7(9)10-6-4-2-1-3-5-6;7-5-2-1-4(9)3-6(5)8;7-5-1-3-6(4-2-5)8(9)10;7-5-6-1-3-8-4-2-6/h1-11H,12H2,(H2,23,24,25);1-12H,(H,22,23);1-7H;1-7H,15H2;1-7H;1-5H;1-3,9H;1-4H;1-4H,5,7H2. The smallest absolute Gasteiger partial charge is 0.415 e. The van der Waals surface area contributed by atoms with E-state index in [1.807, 2.05) is 18.2 Å². The van der Waals surface area contributed by atoms with E-state index in [-0.39, 0.29) is 51.3 Å². The molecule has 16 rings (SSSR count). The zero-order valence-corrected chi connectivity index (χ0v) is 80.7. The lowest BCUT2D eigenvalue weighted by Gasteiger charge is -2.09. The minimum Gasteiger partial charge on any atom is -0.415 e. The zero-order valence-electron chi connectivity index (χ0n) is 75.0. The Labute approximate surface area is 848 Å². The third kappa shape index (κ3) is 36.8. The van der Waals surface area contributed by atoms with E-state index in [1.165, 1.54) is 109 Å². The van der Waals surface area contributed by atoms with E-state index >= 15 is 0 Å². The predicted octanol–water partition coefficient (Wildman–Crippen LogP) is 24.0. The van der Waals surface area contributed by atoms with Crippen LogP contribution in [0.3, 0.4) is 0 Å². The van der Waals surface area contributed by atoms with Gasteiger partial charge in [-0.15, -0.1) is 12.6 Å². The van der Waals surface area contributed by atoms with Crippen LogP contribution in [0.25, 0.3) is 0 Å². The Morgan fingerprint density at radius 2 is 0.642 bits per heavy atom. The monoisotopic (exact) mass is 2180 g/mol. The first-order valence-corrected chi connectivity index (χ1v) is 48.7. The molecule has 0 atom stereocenters. The number of nitrogens with zero attached hydrogens (tertiary/aromatic N) is 5. The van der Waals surface area contributed by atoms with Crippen molar-refractivity contribution in [1.82, 2.24) is 15.3 Å². The number of urea groups is 1. The molecule has 2 heterocycles. The number of para-hydroxylation sites is 2. The van der Waals surface area contributed by atoms with Crippen molar-refractivity contribution in [1.29, 1.82) is 0 Å². The maximum Gasteiger partial charge on any atom is 0.417 e. The largest absolute Gasteiger partial charge is 0.417 e. The fourth-order valence-corrected chi connectivity index (χ4v) is 17.2. The van der Waals surface area contributed by atoms with E-state index < -0.39 is 152 Å². The highest BCUT2D eigenvalue weighted by Crippen LogP contribution is 2.33. The molecule has 29 nitrogen and oxygen atoms in total. The Balaban J connectivity index is 0.000000209. The molecular formula is C99H72ClF13N10O19S6. The van der Waals surface area contributed by atoms with E-state index in [0.29, 0.717) is 86.7 Å². The van der Waals surface area contributed by atoms with Gasteiger partial charge in [-0.2, -0.15) is 0 Å². The second-order valence-electron chi connectivity index (χ2n) is 28.7. The first-order valence-electron chi connectivity index (χ1n) is 41.1. The second-order valence-corrected chi connectivity index (χ2v) is 38.4. The molecule has 0 bridgehead atoms. The molecule has 16 aromatic rings. The minimum atomic E-state index is -4.05.